The zero-order valence-electron chi connectivity index (χ0n) is 18.9. The van der Waals surface area contributed by atoms with E-state index < -0.39 is 11.7 Å². The molecule has 34 heavy (non-hydrogen) atoms. The molecule has 1 amide bonds. The lowest BCUT2D eigenvalue weighted by atomic mass is 9.80. The van der Waals surface area contributed by atoms with E-state index in [9.17, 15) is 23.1 Å². The van der Waals surface area contributed by atoms with E-state index in [0.29, 0.717) is 23.9 Å². The van der Waals surface area contributed by atoms with Gasteiger partial charge in [-0.25, -0.2) is 9.97 Å². The first kappa shape index (κ1) is 24.4. The maximum absolute atomic E-state index is 13.1. The van der Waals surface area contributed by atoms with Gasteiger partial charge >= 0.3 is 6.18 Å². The second-order valence-electron chi connectivity index (χ2n) is 9.18. The van der Waals surface area contributed by atoms with Crippen molar-refractivity contribution in [3.05, 3.63) is 42.7 Å². The molecular formula is C24H30F3N5O2. The average molecular weight is 478 g/mol. The highest BCUT2D eigenvalue weighted by molar-refractivity contribution is 5.91. The van der Waals surface area contributed by atoms with Gasteiger partial charge in [0.05, 0.1) is 29.8 Å². The maximum Gasteiger partial charge on any atom is 0.416 e. The number of rotatable bonds is 8. The molecular weight excluding hydrogens is 447 g/mol. The molecule has 2 fully saturated rings. The Morgan fingerprint density at radius 3 is 2.65 bits per heavy atom. The third kappa shape index (κ3) is 5.67. The van der Waals surface area contributed by atoms with Crippen LogP contribution in [0.15, 0.2) is 37.2 Å². The molecule has 0 radical (unpaired) electrons. The van der Waals surface area contributed by atoms with Gasteiger partial charge in [0.2, 0.25) is 5.91 Å². The van der Waals surface area contributed by atoms with Gasteiger partial charge in [0, 0.05) is 24.5 Å². The van der Waals surface area contributed by atoms with Crippen molar-refractivity contribution in [1.29, 1.82) is 0 Å². The summed E-state index contributed by atoms with van der Waals surface area (Å²) in [6.07, 6.45) is 2.96. The minimum absolute atomic E-state index is 0.0531. The van der Waals surface area contributed by atoms with Crippen LogP contribution in [0.5, 0.6) is 0 Å². The number of carbonyl (C=O) groups excluding carboxylic acids is 1. The molecule has 0 bridgehead atoms. The van der Waals surface area contributed by atoms with Crippen LogP contribution in [0.4, 0.5) is 19.0 Å². The van der Waals surface area contributed by atoms with Gasteiger partial charge in [0.15, 0.2) is 0 Å². The van der Waals surface area contributed by atoms with Gasteiger partial charge in [-0.15, -0.1) is 6.58 Å². The Kier molecular flexibility index (Phi) is 7.37. The smallest absolute Gasteiger partial charge is 0.393 e. The molecule has 1 saturated heterocycles. The van der Waals surface area contributed by atoms with Crippen LogP contribution in [-0.2, 0) is 11.0 Å². The number of alkyl halides is 3. The third-order valence-corrected chi connectivity index (χ3v) is 6.86. The number of fused-ring (bicyclic) bond motifs is 1. The first-order valence-corrected chi connectivity index (χ1v) is 11.6. The van der Waals surface area contributed by atoms with Gasteiger partial charge in [-0.1, -0.05) is 6.08 Å². The lowest BCUT2D eigenvalue weighted by Crippen LogP contribution is -2.63. The Hall–Kier alpha value is -2.72. The zero-order valence-corrected chi connectivity index (χ0v) is 18.9. The van der Waals surface area contributed by atoms with Crippen molar-refractivity contribution in [2.75, 3.05) is 25.0 Å². The SMILES string of the molecule is C=CCC(O)[C@H]1CC[C@H](N2CC(NC(=O)CNc3ncnc4ccc(C(F)(F)F)cc34)C2)CC1. The van der Waals surface area contributed by atoms with Crippen molar-refractivity contribution in [2.24, 2.45) is 5.92 Å². The molecule has 3 N–H and O–H groups in total. The van der Waals surface area contributed by atoms with E-state index in [4.69, 9.17) is 0 Å². The van der Waals surface area contributed by atoms with Crippen LogP contribution < -0.4 is 10.6 Å². The predicted molar refractivity (Wildman–Crippen MR) is 123 cm³/mol. The fraction of sp³-hybridized carbons (Fsp3) is 0.542. The number of nitrogens with zero attached hydrogens (tertiary/aromatic N) is 3. The molecule has 10 heteroatoms. The number of hydrogen-bond acceptors (Lipinski definition) is 6. The molecule has 1 aromatic heterocycles. The van der Waals surface area contributed by atoms with E-state index in [1.54, 1.807) is 6.08 Å². The number of amides is 1. The highest BCUT2D eigenvalue weighted by atomic mass is 19.4. The molecule has 1 aliphatic heterocycles. The Balaban J connectivity index is 1.23. The number of likely N-dealkylation sites (tertiary alicyclic amines) is 1. The Morgan fingerprint density at radius 2 is 1.97 bits per heavy atom. The second kappa shape index (κ2) is 10.3. The second-order valence-corrected chi connectivity index (χ2v) is 9.18. The fourth-order valence-electron chi connectivity index (χ4n) is 4.93. The molecule has 1 saturated carbocycles. The van der Waals surface area contributed by atoms with Crippen molar-refractivity contribution >= 4 is 22.6 Å². The van der Waals surface area contributed by atoms with Crippen LogP contribution in [0, 0.1) is 5.92 Å². The largest absolute Gasteiger partial charge is 0.416 e. The first-order valence-electron chi connectivity index (χ1n) is 11.6. The lowest BCUT2D eigenvalue weighted by molar-refractivity contribution is -0.137. The van der Waals surface area contributed by atoms with E-state index >= 15 is 0 Å². The number of halogens is 3. The minimum Gasteiger partial charge on any atom is -0.393 e. The molecule has 7 nitrogen and oxygen atoms in total. The number of anilines is 1. The van der Waals surface area contributed by atoms with E-state index in [0.717, 1.165) is 50.9 Å². The molecule has 4 rings (SSSR count). The molecule has 1 aromatic carbocycles. The number of nitrogens with one attached hydrogen (secondary N) is 2. The number of hydrogen-bond donors (Lipinski definition) is 3. The summed E-state index contributed by atoms with van der Waals surface area (Å²) < 4.78 is 39.2. The van der Waals surface area contributed by atoms with Crippen LogP contribution in [0.3, 0.4) is 0 Å². The molecule has 1 atom stereocenters. The van der Waals surface area contributed by atoms with E-state index in [2.05, 4.69) is 32.1 Å². The summed E-state index contributed by atoms with van der Waals surface area (Å²) >= 11 is 0. The summed E-state index contributed by atoms with van der Waals surface area (Å²) in [6.45, 7) is 5.16. The molecule has 0 spiro atoms. The van der Waals surface area contributed by atoms with Gasteiger partial charge in [-0.3, -0.25) is 9.69 Å². The van der Waals surface area contributed by atoms with E-state index in [1.807, 2.05) is 0 Å². The Labute approximate surface area is 196 Å². The van der Waals surface area contributed by atoms with Crippen molar-refractivity contribution in [1.82, 2.24) is 20.2 Å². The monoisotopic (exact) mass is 477 g/mol. The predicted octanol–water partition coefficient (Wildman–Crippen LogP) is 3.36. The number of benzene rings is 1. The van der Waals surface area contributed by atoms with Gasteiger partial charge < -0.3 is 15.7 Å². The standard InChI is InChI=1S/C24H30F3N5O2/c1-2-3-21(33)15-4-7-18(8-5-15)32-12-17(13-32)31-22(34)11-28-23-19-10-16(24(25,26)27)6-9-20(19)29-14-30-23/h2,6,9-10,14-15,17-18,21,33H,1,3-5,7-8,11-13H2,(H,31,34)(H,28,29,30)/t15-,18-,21?. The molecule has 2 aromatic rings. The average Bonchev–Trinajstić information content (AvgIpc) is 2.79. The summed E-state index contributed by atoms with van der Waals surface area (Å²) in [4.78, 5) is 22.8. The first-order chi connectivity index (χ1) is 16.2. The summed E-state index contributed by atoms with van der Waals surface area (Å²) in [5.74, 6) is 0.290. The maximum atomic E-state index is 13.1. The topological polar surface area (TPSA) is 90.4 Å². The quantitative estimate of drug-likeness (QED) is 0.506. The van der Waals surface area contributed by atoms with Gasteiger partial charge in [-0.2, -0.15) is 13.2 Å². The van der Waals surface area contributed by atoms with Crippen LogP contribution in [0.1, 0.15) is 37.7 Å². The van der Waals surface area contributed by atoms with Crippen LogP contribution in [0.25, 0.3) is 10.9 Å². The molecule has 2 heterocycles. The summed E-state index contributed by atoms with van der Waals surface area (Å²) in [6, 6.07) is 3.79. The molecule has 184 valence electrons. The van der Waals surface area contributed by atoms with E-state index in [-0.39, 0.29) is 35.8 Å². The molecule has 1 unspecified atom stereocenters. The van der Waals surface area contributed by atoms with Crippen molar-refractivity contribution in [3.63, 3.8) is 0 Å². The molecule has 2 aliphatic rings. The van der Waals surface area contributed by atoms with Crippen molar-refractivity contribution < 1.29 is 23.1 Å². The number of aliphatic hydroxyl groups is 1. The summed E-state index contributed by atoms with van der Waals surface area (Å²) in [5, 5.41) is 16.2. The van der Waals surface area contributed by atoms with Crippen molar-refractivity contribution in [3.8, 4) is 0 Å². The summed E-state index contributed by atoms with van der Waals surface area (Å²) in [7, 11) is 0. The Bertz CT molecular complexity index is 1020. The van der Waals surface area contributed by atoms with Crippen LogP contribution in [-0.4, -0.2) is 63.7 Å². The highest BCUT2D eigenvalue weighted by Crippen LogP contribution is 2.33. The fourth-order valence-corrected chi connectivity index (χ4v) is 4.93. The third-order valence-electron chi connectivity index (χ3n) is 6.86. The number of aromatic nitrogens is 2. The van der Waals surface area contributed by atoms with Gasteiger partial charge in [0.1, 0.15) is 12.1 Å². The van der Waals surface area contributed by atoms with Gasteiger partial charge in [-0.05, 0) is 56.2 Å². The van der Waals surface area contributed by atoms with E-state index in [1.165, 1.54) is 12.4 Å². The van der Waals surface area contributed by atoms with Crippen molar-refractivity contribution in [2.45, 2.75) is 56.5 Å². The Morgan fingerprint density at radius 1 is 1.24 bits per heavy atom. The summed E-state index contributed by atoms with van der Waals surface area (Å²) in [5.41, 5.74) is -0.423. The van der Waals surface area contributed by atoms with Crippen LogP contribution in [0.2, 0.25) is 0 Å². The lowest BCUT2D eigenvalue weighted by Gasteiger charge is -2.47. The zero-order chi connectivity index (χ0) is 24.3. The minimum atomic E-state index is -4.47. The number of carbonyl (C=O) groups is 1. The number of aliphatic hydroxyl groups excluding tert-OH is 1. The normalized spacial score (nSPS) is 22.7. The highest BCUT2D eigenvalue weighted by Gasteiger charge is 2.36. The van der Waals surface area contributed by atoms with Crippen LogP contribution >= 0.6 is 0 Å². The molecule has 1 aliphatic carbocycles. The van der Waals surface area contributed by atoms with Gasteiger partial charge in [0.25, 0.3) is 0 Å².